The summed E-state index contributed by atoms with van der Waals surface area (Å²) in [4.78, 5) is 23.3. The quantitative estimate of drug-likeness (QED) is 0.622. The third kappa shape index (κ3) is 6.42. The summed E-state index contributed by atoms with van der Waals surface area (Å²) >= 11 is 0. The molecule has 2 N–H and O–H groups in total. The minimum atomic E-state index is -0.411. The molecule has 5 nitrogen and oxygen atoms in total. The van der Waals surface area contributed by atoms with Gasteiger partial charge in [-0.1, -0.05) is 0 Å². The second-order valence-electron chi connectivity index (χ2n) is 3.36. The fraction of sp³-hybridized carbons (Fsp3) is 0.778. The van der Waals surface area contributed by atoms with Gasteiger partial charge in [-0.05, 0) is 13.3 Å². The largest absolute Gasteiger partial charge is 0.393 e. The number of likely N-dealkylation sites (N-methyl/N-ethyl adjacent to an activating group) is 1. The first kappa shape index (κ1) is 12.9. The van der Waals surface area contributed by atoms with Crippen LogP contribution in [0.15, 0.2) is 0 Å². The lowest BCUT2D eigenvalue weighted by molar-refractivity contribution is -0.131. The first-order chi connectivity index (χ1) is 6.43. The number of carbonyl (C=O) groups is 2. The van der Waals surface area contributed by atoms with Crippen molar-refractivity contribution in [2.24, 2.45) is 0 Å². The molecule has 82 valence electrons. The van der Waals surface area contributed by atoms with Gasteiger partial charge in [-0.25, -0.2) is 0 Å². The summed E-state index contributed by atoms with van der Waals surface area (Å²) in [7, 11) is 1.65. The fourth-order valence-electron chi connectivity index (χ4n) is 0.840. The number of hydrogen-bond acceptors (Lipinski definition) is 3. The summed E-state index contributed by atoms with van der Waals surface area (Å²) in [5.41, 5.74) is 0. The third-order valence-corrected chi connectivity index (χ3v) is 1.80. The van der Waals surface area contributed by atoms with Crippen LogP contribution in [0.25, 0.3) is 0 Å². The molecular weight excluding hydrogens is 184 g/mol. The van der Waals surface area contributed by atoms with Crippen molar-refractivity contribution >= 4 is 11.8 Å². The molecule has 0 rings (SSSR count). The highest BCUT2D eigenvalue weighted by Gasteiger charge is 2.09. The number of amides is 2. The van der Waals surface area contributed by atoms with E-state index in [2.05, 4.69) is 5.32 Å². The molecule has 0 aliphatic carbocycles. The predicted molar refractivity (Wildman–Crippen MR) is 52.6 cm³/mol. The Morgan fingerprint density at radius 3 is 2.50 bits per heavy atom. The Balaban J connectivity index is 3.70. The maximum absolute atomic E-state index is 11.3. The maximum Gasteiger partial charge on any atom is 0.241 e. The molecular formula is C9H18N2O3. The van der Waals surface area contributed by atoms with E-state index in [0.717, 1.165) is 0 Å². The zero-order chi connectivity index (χ0) is 11.1. The first-order valence-electron chi connectivity index (χ1n) is 4.60. The zero-order valence-corrected chi connectivity index (χ0v) is 8.91. The van der Waals surface area contributed by atoms with E-state index in [0.29, 0.717) is 13.0 Å². The van der Waals surface area contributed by atoms with Crippen LogP contribution in [0.3, 0.4) is 0 Å². The number of nitrogens with zero attached hydrogens (tertiary/aromatic N) is 1. The van der Waals surface area contributed by atoms with Crippen LogP contribution >= 0.6 is 0 Å². The maximum atomic E-state index is 11.3. The number of aliphatic hydroxyl groups is 1. The Hall–Kier alpha value is -1.10. The lowest BCUT2D eigenvalue weighted by Crippen LogP contribution is -2.38. The van der Waals surface area contributed by atoms with Crippen molar-refractivity contribution in [3.63, 3.8) is 0 Å². The molecule has 2 amide bonds. The van der Waals surface area contributed by atoms with Crippen LogP contribution in [0.1, 0.15) is 20.3 Å². The molecule has 0 fully saturated rings. The normalized spacial score (nSPS) is 12.0. The Morgan fingerprint density at radius 1 is 1.50 bits per heavy atom. The van der Waals surface area contributed by atoms with Gasteiger partial charge in [-0.3, -0.25) is 9.59 Å². The average Bonchev–Trinajstić information content (AvgIpc) is 2.09. The summed E-state index contributed by atoms with van der Waals surface area (Å²) in [6.45, 7) is 3.55. The molecule has 0 saturated heterocycles. The summed E-state index contributed by atoms with van der Waals surface area (Å²) in [5, 5.41) is 11.4. The van der Waals surface area contributed by atoms with E-state index in [1.807, 2.05) is 0 Å². The predicted octanol–water partition coefficient (Wildman–Crippen LogP) is -0.648. The Labute approximate surface area is 84.1 Å². The average molecular weight is 202 g/mol. The molecule has 1 unspecified atom stereocenters. The molecule has 0 aliphatic rings. The van der Waals surface area contributed by atoms with E-state index in [1.54, 1.807) is 14.0 Å². The second-order valence-corrected chi connectivity index (χ2v) is 3.36. The van der Waals surface area contributed by atoms with E-state index in [-0.39, 0.29) is 18.4 Å². The summed E-state index contributed by atoms with van der Waals surface area (Å²) < 4.78 is 0. The molecule has 0 heterocycles. The van der Waals surface area contributed by atoms with Crippen LogP contribution in [0, 0.1) is 0 Å². The van der Waals surface area contributed by atoms with Gasteiger partial charge in [0, 0.05) is 20.5 Å². The highest BCUT2D eigenvalue weighted by Crippen LogP contribution is 1.93. The van der Waals surface area contributed by atoms with Gasteiger partial charge in [0.1, 0.15) is 0 Å². The number of hydrogen-bond donors (Lipinski definition) is 2. The van der Waals surface area contributed by atoms with Gasteiger partial charge < -0.3 is 15.3 Å². The number of aliphatic hydroxyl groups excluding tert-OH is 1. The first-order valence-corrected chi connectivity index (χ1v) is 4.60. The smallest absolute Gasteiger partial charge is 0.241 e. The van der Waals surface area contributed by atoms with Gasteiger partial charge in [-0.2, -0.15) is 0 Å². The molecule has 0 saturated carbocycles. The van der Waals surface area contributed by atoms with E-state index in [1.165, 1.54) is 11.8 Å². The van der Waals surface area contributed by atoms with E-state index < -0.39 is 6.10 Å². The van der Waals surface area contributed by atoms with Crippen molar-refractivity contribution in [1.82, 2.24) is 10.2 Å². The molecule has 14 heavy (non-hydrogen) atoms. The molecule has 0 aromatic heterocycles. The van der Waals surface area contributed by atoms with Gasteiger partial charge in [-0.15, -0.1) is 0 Å². The Bertz CT molecular complexity index is 204. The minimum Gasteiger partial charge on any atom is -0.393 e. The van der Waals surface area contributed by atoms with Gasteiger partial charge in [0.25, 0.3) is 0 Å². The lowest BCUT2D eigenvalue weighted by Gasteiger charge is -2.17. The van der Waals surface area contributed by atoms with Crippen LogP contribution in [-0.4, -0.2) is 48.1 Å². The number of nitrogens with one attached hydrogen (secondary N) is 1. The fourth-order valence-corrected chi connectivity index (χ4v) is 0.840. The second kappa shape index (κ2) is 6.37. The Morgan fingerprint density at radius 2 is 2.07 bits per heavy atom. The lowest BCUT2D eigenvalue weighted by atomic mass is 10.3. The van der Waals surface area contributed by atoms with Crippen LogP contribution in [0.4, 0.5) is 0 Å². The monoisotopic (exact) mass is 202 g/mol. The number of rotatable bonds is 5. The molecule has 0 aromatic carbocycles. The van der Waals surface area contributed by atoms with Crippen molar-refractivity contribution in [2.75, 3.05) is 20.1 Å². The van der Waals surface area contributed by atoms with Crippen molar-refractivity contribution in [3.8, 4) is 0 Å². The SMILES string of the molecule is CC(=O)NCC(=O)N(C)CCC(C)O. The third-order valence-electron chi connectivity index (χ3n) is 1.80. The van der Waals surface area contributed by atoms with Crippen molar-refractivity contribution < 1.29 is 14.7 Å². The molecule has 0 bridgehead atoms. The molecule has 1 atom stereocenters. The van der Waals surface area contributed by atoms with E-state index in [9.17, 15) is 9.59 Å². The van der Waals surface area contributed by atoms with E-state index >= 15 is 0 Å². The molecule has 0 aromatic rings. The highest BCUT2D eigenvalue weighted by molar-refractivity contribution is 5.83. The molecule has 5 heteroatoms. The van der Waals surface area contributed by atoms with Crippen molar-refractivity contribution in [1.29, 1.82) is 0 Å². The highest BCUT2D eigenvalue weighted by atomic mass is 16.3. The van der Waals surface area contributed by atoms with E-state index in [4.69, 9.17) is 5.11 Å². The van der Waals surface area contributed by atoms with Crippen LogP contribution in [0.2, 0.25) is 0 Å². The molecule has 0 radical (unpaired) electrons. The van der Waals surface area contributed by atoms with Crippen LogP contribution in [-0.2, 0) is 9.59 Å². The minimum absolute atomic E-state index is 0.0195. The topological polar surface area (TPSA) is 69.6 Å². The molecule has 0 aliphatic heterocycles. The zero-order valence-electron chi connectivity index (χ0n) is 8.91. The summed E-state index contributed by atoms with van der Waals surface area (Å²) in [6, 6.07) is 0. The van der Waals surface area contributed by atoms with Gasteiger partial charge >= 0.3 is 0 Å². The van der Waals surface area contributed by atoms with Crippen LogP contribution < -0.4 is 5.32 Å². The summed E-state index contributed by atoms with van der Waals surface area (Å²) in [5.74, 6) is -0.372. The van der Waals surface area contributed by atoms with Gasteiger partial charge in [0.05, 0.1) is 12.6 Å². The standard InChI is InChI=1S/C9H18N2O3/c1-7(12)4-5-11(3)9(14)6-10-8(2)13/h7,12H,4-6H2,1-3H3,(H,10,13). The van der Waals surface area contributed by atoms with Crippen molar-refractivity contribution in [3.05, 3.63) is 0 Å². The van der Waals surface area contributed by atoms with Crippen LogP contribution in [0.5, 0.6) is 0 Å². The van der Waals surface area contributed by atoms with Crippen molar-refractivity contribution in [2.45, 2.75) is 26.4 Å². The molecule has 0 spiro atoms. The van der Waals surface area contributed by atoms with Gasteiger partial charge in [0.2, 0.25) is 11.8 Å². The number of carbonyl (C=O) groups excluding carboxylic acids is 2. The Kier molecular flexibility index (Phi) is 5.87. The van der Waals surface area contributed by atoms with Gasteiger partial charge in [0.15, 0.2) is 0 Å². The summed E-state index contributed by atoms with van der Waals surface area (Å²) in [6.07, 6.45) is 0.133.